The number of carboxylic acid groups (broad SMARTS) is 1. The minimum atomic E-state index is -1.03. The summed E-state index contributed by atoms with van der Waals surface area (Å²) in [7, 11) is 0. The number of aliphatic carboxylic acids is 1. The quantitative estimate of drug-likeness (QED) is 0.830. The highest BCUT2D eigenvalue weighted by atomic mass is 16.5. The zero-order valence-electron chi connectivity index (χ0n) is 10.5. The first-order chi connectivity index (χ1) is 9.16. The molecule has 1 aliphatic heterocycles. The molecule has 0 unspecified atom stereocenters. The van der Waals surface area contributed by atoms with E-state index in [0.29, 0.717) is 13.0 Å². The molecule has 0 radical (unpaired) electrons. The molecule has 5 heteroatoms. The van der Waals surface area contributed by atoms with E-state index in [1.165, 1.54) is 0 Å². The Morgan fingerprint density at radius 2 is 2.11 bits per heavy atom. The third-order valence-corrected chi connectivity index (χ3v) is 3.12. The second-order valence-corrected chi connectivity index (χ2v) is 4.59. The number of rotatable bonds is 5. The molecule has 0 aliphatic carbocycles. The van der Waals surface area contributed by atoms with E-state index in [1.807, 2.05) is 30.3 Å². The highest BCUT2D eigenvalue weighted by Gasteiger charge is 2.28. The topological polar surface area (TPSA) is 75.6 Å². The minimum absolute atomic E-state index is 0.272. The largest absolute Gasteiger partial charge is 0.480 e. The van der Waals surface area contributed by atoms with Crippen LogP contribution in [-0.2, 0) is 20.7 Å². The van der Waals surface area contributed by atoms with Crippen LogP contribution in [0.15, 0.2) is 30.3 Å². The Hall–Kier alpha value is -1.88. The van der Waals surface area contributed by atoms with Gasteiger partial charge >= 0.3 is 5.97 Å². The summed E-state index contributed by atoms with van der Waals surface area (Å²) in [5.41, 5.74) is 0.877. The lowest BCUT2D eigenvalue weighted by Gasteiger charge is -2.17. The van der Waals surface area contributed by atoms with Crippen LogP contribution in [0.25, 0.3) is 0 Å². The fourth-order valence-electron chi connectivity index (χ4n) is 2.10. The third-order valence-electron chi connectivity index (χ3n) is 3.12. The van der Waals surface area contributed by atoms with E-state index in [-0.39, 0.29) is 12.3 Å². The monoisotopic (exact) mass is 263 g/mol. The van der Waals surface area contributed by atoms with Crippen LogP contribution in [0.5, 0.6) is 0 Å². The van der Waals surface area contributed by atoms with Gasteiger partial charge in [0, 0.05) is 13.0 Å². The maximum absolute atomic E-state index is 11.9. The van der Waals surface area contributed by atoms with E-state index in [9.17, 15) is 14.7 Å². The second-order valence-electron chi connectivity index (χ2n) is 4.59. The number of nitrogens with one attached hydrogen (secondary N) is 1. The first-order valence-corrected chi connectivity index (χ1v) is 6.35. The average molecular weight is 263 g/mol. The molecule has 102 valence electrons. The van der Waals surface area contributed by atoms with Crippen molar-refractivity contribution in [2.24, 2.45) is 0 Å². The van der Waals surface area contributed by atoms with E-state index in [0.717, 1.165) is 12.0 Å². The molecule has 2 rings (SSSR count). The van der Waals surface area contributed by atoms with Gasteiger partial charge in [-0.25, -0.2) is 4.79 Å². The molecular weight excluding hydrogens is 246 g/mol. The fourth-order valence-corrected chi connectivity index (χ4v) is 2.10. The van der Waals surface area contributed by atoms with Gasteiger partial charge in [0.1, 0.15) is 12.1 Å². The van der Waals surface area contributed by atoms with Crippen LogP contribution in [-0.4, -0.2) is 35.7 Å². The standard InChI is InChI=1S/C14H17NO4/c16-13(12-7-4-8-19-12)15-11(14(17)18)9-10-5-2-1-3-6-10/h1-3,5-6,11-12H,4,7-9H2,(H,15,16)(H,17,18)/t11-,12+/m0/s1. The van der Waals surface area contributed by atoms with Crippen molar-refractivity contribution in [3.05, 3.63) is 35.9 Å². The van der Waals surface area contributed by atoms with E-state index >= 15 is 0 Å². The summed E-state index contributed by atoms with van der Waals surface area (Å²) in [6.07, 6.45) is 1.27. The van der Waals surface area contributed by atoms with Crippen molar-refractivity contribution in [1.82, 2.24) is 5.32 Å². The summed E-state index contributed by atoms with van der Waals surface area (Å²) in [6, 6.07) is 8.32. The number of hydrogen-bond acceptors (Lipinski definition) is 3. The smallest absolute Gasteiger partial charge is 0.326 e. The highest BCUT2D eigenvalue weighted by Crippen LogP contribution is 2.12. The van der Waals surface area contributed by atoms with Gasteiger partial charge in [-0.3, -0.25) is 4.79 Å². The van der Waals surface area contributed by atoms with Crippen molar-refractivity contribution in [1.29, 1.82) is 0 Å². The van der Waals surface area contributed by atoms with Crippen molar-refractivity contribution in [2.45, 2.75) is 31.4 Å². The predicted molar refractivity (Wildman–Crippen MR) is 68.7 cm³/mol. The number of amides is 1. The molecule has 0 spiro atoms. The van der Waals surface area contributed by atoms with Crippen molar-refractivity contribution in [3.8, 4) is 0 Å². The maximum atomic E-state index is 11.9. The SMILES string of the molecule is O=C(O)[C@H](Cc1ccccc1)NC(=O)[C@H]1CCCO1. The van der Waals surface area contributed by atoms with E-state index in [1.54, 1.807) is 0 Å². The highest BCUT2D eigenvalue weighted by molar-refractivity contribution is 5.86. The number of carbonyl (C=O) groups excluding carboxylic acids is 1. The Morgan fingerprint density at radius 1 is 1.37 bits per heavy atom. The summed E-state index contributed by atoms with van der Waals surface area (Å²) in [4.78, 5) is 23.0. The van der Waals surface area contributed by atoms with Crippen LogP contribution in [0.4, 0.5) is 0 Å². The molecule has 5 nitrogen and oxygen atoms in total. The molecule has 2 atom stereocenters. The van der Waals surface area contributed by atoms with Crippen LogP contribution in [0.3, 0.4) is 0 Å². The van der Waals surface area contributed by atoms with E-state index in [2.05, 4.69) is 5.32 Å². The first kappa shape index (κ1) is 13.5. The Balaban J connectivity index is 1.96. The van der Waals surface area contributed by atoms with Crippen molar-refractivity contribution in [3.63, 3.8) is 0 Å². The summed E-state index contributed by atoms with van der Waals surface area (Å²) >= 11 is 0. The van der Waals surface area contributed by atoms with Gasteiger partial charge in [-0.1, -0.05) is 30.3 Å². The van der Waals surface area contributed by atoms with Crippen molar-refractivity contribution >= 4 is 11.9 Å². The van der Waals surface area contributed by atoms with Crippen LogP contribution < -0.4 is 5.32 Å². The molecule has 1 heterocycles. The molecule has 1 saturated heterocycles. The summed E-state index contributed by atoms with van der Waals surface area (Å²) in [5.74, 6) is -1.36. The molecule has 2 N–H and O–H groups in total. The van der Waals surface area contributed by atoms with Crippen molar-refractivity contribution in [2.75, 3.05) is 6.61 Å². The van der Waals surface area contributed by atoms with Crippen LogP contribution in [0, 0.1) is 0 Å². The van der Waals surface area contributed by atoms with Gasteiger partial charge in [-0.15, -0.1) is 0 Å². The van der Waals surface area contributed by atoms with Crippen LogP contribution >= 0.6 is 0 Å². The summed E-state index contributed by atoms with van der Waals surface area (Å²) in [6.45, 7) is 0.564. The number of hydrogen-bond donors (Lipinski definition) is 2. The zero-order valence-corrected chi connectivity index (χ0v) is 10.5. The van der Waals surface area contributed by atoms with E-state index in [4.69, 9.17) is 4.74 Å². The normalized spacial score (nSPS) is 19.9. The number of ether oxygens (including phenoxy) is 1. The van der Waals surface area contributed by atoms with Gasteiger partial charge in [0.05, 0.1) is 0 Å². The molecule has 1 aromatic carbocycles. The predicted octanol–water partition coefficient (Wildman–Crippen LogP) is 0.977. The number of benzene rings is 1. The lowest BCUT2D eigenvalue weighted by Crippen LogP contribution is -2.46. The first-order valence-electron chi connectivity index (χ1n) is 6.35. The second kappa shape index (κ2) is 6.33. The van der Waals surface area contributed by atoms with Gasteiger partial charge in [-0.05, 0) is 18.4 Å². The van der Waals surface area contributed by atoms with Gasteiger partial charge < -0.3 is 15.2 Å². The van der Waals surface area contributed by atoms with Crippen LogP contribution in [0.2, 0.25) is 0 Å². The zero-order chi connectivity index (χ0) is 13.7. The fraction of sp³-hybridized carbons (Fsp3) is 0.429. The Kier molecular flexibility index (Phi) is 4.52. The van der Waals surface area contributed by atoms with Crippen LogP contribution in [0.1, 0.15) is 18.4 Å². The third kappa shape index (κ3) is 3.79. The number of carboxylic acids is 1. The molecule has 1 amide bonds. The van der Waals surface area contributed by atoms with Crippen molar-refractivity contribution < 1.29 is 19.4 Å². The summed E-state index contributed by atoms with van der Waals surface area (Å²) < 4.78 is 5.24. The van der Waals surface area contributed by atoms with E-state index < -0.39 is 18.1 Å². The number of carbonyl (C=O) groups is 2. The molecule has 0 bridgehead atoms. The Bertz CT molecular complexity index is 440. The Morgan fingerprint density at radius 3 is 2.68 bits per heavy atom. The van der Waals surface area contributed by atoms with Gasteiger partial charge in [0.25, 0.3) is 0 Å². The molecule has 0 saturated carbocycles. The van der Waals surface area contributed by atoms with Gasteiger partial charge in [-0.2, -0.15) is 0 Å². The molecular formula is C14H17NO4. The minimum Gasteiger partial charge on any atom is -0.480 e. The summed E-state index contributed by atoms with van der Waals surface area (Å²) in [5, 5.41) is 11.7. The molecule has 1 aromatic rings. The Labute approximate surface area is 111 Å². The molecule has 1 fully saturated rings. The molecule has 19 heavy (non-hydrogen) atoms. The lowest BCUT2D eigenvalue weighted by atomic mass is 10.1. The van der Waals surface area contributed by atoms with Gasteiger partial charge in [0.15, 0.2) is 0 Å². The molecule has 0 aromatic heterocycles. The van der Waals surface area contributed by atoms with Gasteiger partial charge in [0.2, 0.25) is 5.91 Å². The lowest BCUT2D eigenvalue weighted by molar-refractivity contribution is -0.143. The molecule has 1 aliphatic rings. The maximum Gasteiger partial charge on any atom is 0.326 e. The average Bonchev–Trinajstić information content (AvgIpc) is 2.93.